The van der Waals surface area contributed by atoms with Crippen molar-refractivity contribution in [3.05, 3.63) is 42.5 Å². The number of methoxy groups -OCH3 is 1. The maximum Gasteiger partial charge on any atom is 0.230 e. The lowest BCUT2D eigenvalue weighted by molar-refractivity contribution is -0.132. The number of nitrogen functional groups attached to an aromatic ring is 1. The summed E-state index contributed by atoms with van der Waals surface area (Å²) in [5, 5.41) is 0. The molecule has 1 atom stereocenters. The molecule has 0 fully saturated rings. The van der Waals surface area contributed by atoms with Crippen molar-refractivity contribution in [3.8, 4) is 0 Å². The summed E-state index contributed by atoms with van der Waals surface area (Å²) < 4.78 is 5.03. The largest absolute Gasteiger partial charge is 0.399 e. The highest BCUT2D eigenvalue weighted by Gasteiger charge is 2.21. The Labute approximate surface area is 114 Å². The number of benzene rings is 1. The third-order valence-electron chi connectivity index (χ3n) is 3.01. The fourth-order valence-corrected chi connectivity index (χ4v) is 1.89. The van der Waals surface area contributed by atoms with Crippen LogP contribution in [0.25, 0.3) is 0 Å². The second-order valence-electron chi connectivity index (χ2n) is 4.46. The van der Waals surface area contributed by atoms with Gasteiger partial charge in [0.1, 0.15) is 0 Å². The van der Waals surface area contributed by atoms with Crippen molar-refractivity contribution in [2.45, 2.75) is 12.8 Å². The zero-order valence-electron chi connectivity index (χ0n) is 11.6. The average Bonchev–Trinajstić information content (AvgIpc) is 2.42. The number of hydrogen-bond donors (Lipinski definition) is 1. The molecule has 1 aromatic rings. The molecular weight excluding hydrogens is 240 g/mol. The maximum absolute atomic E-state index is 12.4. The van der Waals surface area contributed by atoms with Crippen LogP contribution in [0.1, 0.15) is 18.4 Å². The van der Waals surface area contributed by atoms with Gasteiger partial charge in [-0.15, -0.1) is 6.58 Å². The molecule has 0 spiro atoms. The topological polar surface area (TPSA) is 55.6 Å². The van der Waals surface area contributed by atoms with E-state index in [1.807, 2.05) is 31.2 Å². The van der Waals surface area contributed by atoms with E-state index in [1.54, 1.807) is 18.1 Å². The number of hydrogen-bond acceptors (Lipinski definition) is 3. The normalized spacial score (nSPS) is 11.9. The predicted molar refractivity (Wildman–Crippen MR) is 77.9 cm³/mol. The van der Waals surface area contributed by atoms with Gasteiger partial charge in [0.2, 0.25) is 5.91 Å². The summed E-state index contributed by atoms with van der Waals surface area (Å²) in [5.74, 6) is -0.164. The minimum Gasteiger partial charge on any atom is -0.399 e. The summed E-state index contributed by atoms with van der Waals surface area (Å²) in [6.45, 7) is 7.17. The van der Waals surface area contributed by atoms with E-state index in [1.165, 1.54) is 0 Å². The number of nitrogens with zero attached hydrogens (tertiary/aromatic N) is 1. The third kappa shape index (κ3) is 4.41. The lowest BCUT2D eigenvalue weighted by atomic mass is 9.99. The van der Waals surface area contributed by atoms with Crippen LogP contribution in [0.2, 0.25) is 0 Å². The van der Waals surface area contributed by atoms with Gasteiger partial charge in [-0.2, -0.15) is 0 Å². The molecule has 4 heteroatoms. The number of amides is 1. The minimum atomic E-state index is -0.222. The number of carbonyl (C=O) groups excluding carboxylic acids is 1. The molecule has 0 aromatic heterocycles. The first-order valence-electron chi connectivity index (χ1n) is 6.34. The van der Waals surface area contributed by atoms with Crippen molar-refractivity contribution in [1.82, 2.24) is 4.90 Å². The summed E-state index contributed by atoms with van der Waals surface area (Å²) >= 11 is 0. The van der Waals surface area contributed by atoms with Crippen LogP contribution in [0.3, 0.4) is 0 Å². The van der Waals surface area contributed by atoms with Crippen molar-refractivity contribution < 1.29 is 9.53 Å². The van der Waals surface area contributed by atoms with Crippen LogP contribution in [0.4, 0.5) is 5.69 Å². The molecule has 0 saturated heterocycles. The van der Waals surface area contributed by atoms with Gasteiger partial charge in [-0.25, -0.2) is 0 Å². The summed E-state index contributed by atoms with van der Waals surface area (Å²) in [7, 11) is 1.62. The Balaban J connectivity index is 2.80. The number of carbonyl (C=O) groups is 1. The predicted octanol–water partition coefficient (Wildman–Crippen LogP) is 2.03. The van der Waals surface area contributed by atoms with E-state index < -0.39 is 0 Å². The first-order chi connectivity index (χ1) is 9.10. The van der Waals surface area contributed by atoms with Crippen molar-refractivity contribution in [3.63, 3.8) is 0 Å². The lowest BCUT2D eigenvalue weighted by Crippen LogP contribution is -2.36. The van der Waals surface area contributed by atoms with Crippen molar-refractivity contribution in [1.29, 1.82) is 0 Å². The van der Waals surface area contributed by atoms with Gasteiger partial charge in [-0.3, -0.25) is 4.79 Å². The van der Waals surface area contributed by atoms with Crippen LogP contribution in [0, 0.1) is 0 Å². The van der Waals surface area contributed by atoms with E-state index in [9.17, 15) is 4.79 Å². The Morgan fingerprint density at radius 1 is 1.58 bits per heavy atom. The van der Waals surface area contributed by atoms with Gasteiger partial charge >= 0.3 is 0 Å². The van der Waals surface area contributed by atoms with Crippen LogP contribution in [-0.4, -0.2) is 37.6 Å². The Hall–Kier alpha value is -1.81. The van der Waals surface area contributed by atoms with E-state index in [0.29, 0.717) is 25.4 Å². The quantitative estimate of drug-likeness (QED) is 0.604. The van der Waals surface area contributed by atoms with Gasteiger partial charge < -0.3 is 15.4 Å². The molecule has 4 nitrogen and oxygen atoms in total. The van der Waals surface area contributed by atoms with Gasteiger partial charge in [0, 0.05) is 25.9 Å². The second kappa shape index (κ2) is 7.59. The SMILES string of the molecule is C=CCN(CCOC)C(=O)C(C)c1cccc(N)c1. The molecule has 0 radical (unpaired) electrons. The van der Waals surface area contributed by atoms with Gasteiger partial charge in [-0.05, 0) is 24.6 Å². The molecule has 1 unspecified atom stereocenters. The number of anilines is 1. The summed E-state index contributed by atoms with van der Waals surface area (Å²) in [5.41, 5.74) is 7.35. The Morgan fingerprint density at radius 2 is 2.32 bits per heavy atom. The molecule has 1 rings (SSSR count). The molecule has 0 saturated carbocycles. The number of ether oxygens (including phenoxy) is 1. The standard InChI is InChI=1S/C15H22N2O2/c1-4-8-17(9-10-19-3)15(18)12(2)13-6-5-7-14(16)11-13/h4-7,11-12H,1,8-10,16H2,2-3H3. The molecule has 1 amide bonds. The third-order valence-corrected chi connectivity index (χ3v) is 3.01. The lowest BCUT2D eigenvalue weighted by Gasteiger charge is -2.24. The fraction of sp³-hybridized carbons (Fsp3) is 0.400. The molecule has 0 aliphatic rings. The van der Waals surface area contributed by atoms with Crippen LogP contribution in [0.5, 0.6) is 0 Å². The number of rotatable bonds is 7. The van der Waals surface area contributed by atoms with Crippen LogP contribution in [0.15, 0.2) is 36.9 Å². The molecule has 0 heterocycles. The van der Waals surface area contributed by atoms with Crippen molar-refractivity contribution in [2.75, 3.05) is 32.5 Å². The number of nitrogens with two attached hydrogens (primary N) is 1. The summed E-state index contributed by atoms with van der Waals surface area (Å²) in [6, 6.07) is 7.43. The van der Waals surface area contributed by atoms with Crippen LogP contribution < -0.4 is 5.73 Å². The van der Waals surface area contributed by atoms with Crippen molar-refractivity contribution >= 4 is 11.6 Å². The highest BCUT2D eigenvalue weighted by molar-refractivity contribution is 5.83. The van der Waals surface area contributed by atoms with Gasteiger partial charge in [0.25, 0.3) is 0 Å². The second-order valence-corrected chi connectivity index (χ2v) is 4.46. The zero-order chi connectivity index (χ0) is 14.3. The molecule has 0 aliphatic carbocycles. The first-order valence-corrected chi connectivity index (χ1v) is 6.34. The average molecular weight is 262 g/mol. The highest BCUT2D eigenvalue weighted by Crippen LogP contribution is 2.20. The smallest absolute Gasteiger partial charge is 0.230 e. The van der Waals surface area contributed by atoms with Gasteiger partial charge in [0.15, 0.2) is 0 Å². The maximum atomic E-state index is 12.4. The van der Waals surface area contributed by atoms with Gasteiger partial charge in [0.05, 0.1) is 12.5 Å². The van der Waals surface area contributed by atoms with E-state index in [-0.39, 0.29) is 11.8 Å². The Kier molecular flexibility index (Phi) is 6.09. The first kappa shape index (κ1) is 15.2. The van der Waals surface area contributed by atoms with E-state index >= 15 is 0 Å². The molecule has 2 N–H and O–H groups in total. The summed E-state index contributed by atoms with van der Waals surface area (Å²) in [6.07, 6.45) is 1.72. The highest BCUT2D eigenvalue weighted by atomic mass is 16.5. The zero-order valence-corrected chi connectivity index (χ0v) is 11.6. The summed E-state index contributed by atoms with van der Waals surface area (Å²) in [4.78, 5) is 14.2. The molecule has 19 heavy (non-hydrogen) atoms. The van der Waals surface area contributed by atoms with Crippen LogP contribution >= 0.6 is 0 Å². The van der Waals surface area contributed by atoms with E-state index in [0.717, 1.165) is 5.56 Å². The van der Waals surface area contributed by atoms with Crippen molar-refractivity contribution in [2.24, 2.45) is 0 Å². The molecule has 0 bridgehead atoms. The monoisotopic (exact) mass is 262 g/mol. The van der Waals surface area contributed by atoms with Crippen LogP contribution in [-0.2, 0) is 9.53 Å². The Bertz CT molecular complexity index is 432. The minimum absolute atomic E-state index is 0.0579. The van der Waals surface area contributed by atoms with E-state index in [4.69, 9.17) is 10.5 Å². The van der Waals surface area contributed by atoms with E-state index in [2.05, 4.69) is 6.58 Å². The molecule has 104 valence electrons. The molecule has 0 aliphatic heterocycles. The fourth-order valence-electron chi connectivity index (χ4n) is 1.89. The molecule has 1 aromatic carbocycles. The Morgan fingerprint density at radius 3 is 2.89 bits per heavy atom. The molecular formula is C15H22N2O2. The van der Waals surface area contributed by atoms with Gasteiger partial charge in [-0.1, -0.05) is 18.2 Å².